The van der Waals surface area contributed by atoms with Crippen LogP contribution in [0.15, 0.2) is 182 Å². The van der Waals surface area contributed by atoms with Crippen molar-refractivity contribution in [3.8, 4) is 28.3 Å². The summed E-state index contributed by atoms with van der Waals surface area (Å²) >= 11 is 0. The number of hydrogen-bond donors (Lipinski definition) is 0. The Kier molecular flexibility index (Phi) is 7.23. The Bertz CT molecular complexity index is 3090. The van der Waals surface area contributed by atoms with Crippen LogP contribution in [0.5, 0.6) is 11.5 Å². The van der Waals surface area contributed by atoms with Gasteiger partial charge in [-0.3, -0.25) is 0 Å². The quantitative estimate of drug-likeness (QED) is 0.166. The predicted molar refractivity (Wildman–Crippen MR) is 227 cm³/mol. The van der Waals surface area contributed by atoms with E-state index in [1.54, 1.807) is 0 Å². The monoisotopic (exact) mass is 727 g/mol. The van der Waals surface area contributed by atoms with Gasteiger partial charge in [0.25, 0.3) is 0 Å². The molecule has 8 aromatic carbocycles. The van der Waals surface area contributed by atoms with Crippen molar-refractivity contribution in [2.24, 2.45) is 0 Å². The summed E-state index contributed by atoms with van der Waals surface area (Å²) in [7, 11) is -3.20. The second-order valence-electron chi connectivity index (χ2n) is 14.3. The molecule has 1 aliphatic heterocycles. The average Bonchev–Trinajstić information content (AvgIpc) is 3.58. The lowest BCUT2D eigenvalue weighted by Crippen LogP contribution is -2.45. The minimum Gasteiger partial charge on any atom is -0.478 e. The zero-order valence-electron chi connectivity index (χ0n) is 29.7. The van der Waals surface area contributed by atoms with E-state index in [1.165, 1.54) is 0 Å². The Morgan fingerprint density at radius 1 is 0.455 bits per heavy atom. The molecule has 0 saturated carbocycles. The molecule has 1 aromatic heterocycles. The molecule has 0 bridgehead atoms. The van der Waals surface area contributed by atoms with Crippen LogP contribution in [0.1, 0.15) is 0 Å². The number of nitrogens with zero attached hydrogens (tertiary/aromatic N) is 1. The van der Waals surface area contributed by atoms with Crippen LogP contribution in [0.25, 0.3) is 61.5 Å². The number of benzene rings is 8. The topological polar surface area (TPSA) is 40.5 Å². The van der Waals surface area contributed by atoms with Crippen molar-refractivity contribution < 1.29 is 14.0 Å². The van der Waals surface area contributed by atoms with Crippen LogP contribution < -0.4 is 35.8 Å². The van der Waals surface area contributed by atoms with Gasteiger partial charge in [-0.25, -0.2) is 0 Å². The molecule has 11 rings (SSSR count). The number of para-hydroxylation sites is 1. The zero-order valence-corrected chi connectivity index (χ0v) is 30.6. The van der Waals surface area contributed by atoms with Crippen LogP contribution in [-0.4, -0.2) is 16.8 Å². The third-order valence-corrected chi connectivity index (χ3v) is 14.2. The Balaban J connectivity index is 1.12. The molecule has 2 heterocycles. The second kappa shape index (κ2) is 12.5. The van der Waals surface area contributed by atoms with Crippen LogP contribution in [-0.2, 0) is 4.57 Å². The van der Waals surface area contributed by atoms with Gasteiger partial charge in [0.05, 0.1) is 11.0 Å². The van der Waals surface area contributed by atoms with Crippen molar-refractivity contribution in [3.05, 3.63) is 192 Å². The fraction of sp³-hybridized carbons (Fsp3) is 0.0400. The number of rotatable bonds is 5. The Morgan fingerprint density at radius 2 is 1.00 bits per heavy atom. The molecule has 0 N–H and O–H groups in total. The normalized spacial score (nSPS) is 15.9. The van der Waals surface area contributed by atoms with Gasteiger partial charge >= 0.3 is 0 Å². The molecule has 2 unspecified atom stereocenters. The van der Waals surface area contributed by atoms with E-state index in [2.05, 4.69) is 132 Å². The molecule has 2 aliphatic rings. The largest absolute Gasteiger partial charge is 0.478 e. The molecule has 0 radical (unpaired) electrons. The Labute approximate surface area is 318 Å². The highest BCUT2D eigenvalue weighted by Gasteiger charge is 2.33. The SMILES string of the molecule is O=P(c1ccccc1)(c1ccccc1)c1ccc2c3ccc(-c4cc5c(c6ccccc46)OC4C=c6ccccc6=CC4O5)cc3n(-c3ccccc3)c2c1. The first-order chi connectivity index (χ1) is 27.1. The first kappa shape index (κ1) is 31.9. The highest BCUT2D eigenvalue weighted by atomic mass is 31.2. The summed E-state index contributed by atoms with van der Waals surface area (Å²) in [6, 6.07) is 62.2. The van der Waals surface area contributed by atoms with Gasteiger partial charge in [0, 0.05) is 37.8 Å². The van der Waals surface area contributed by atoms with E-state index in [0.717, 1.165) is 87.2 Å². The lowest BCUT2D eigenvalue weighted by atomic mass is 9.95. The van der Waals surface area contributed by atoms with Crippen LogP contribution in [0.4, 0.5) is 0 Å². The lowest BCUT2D eigenvalue weighted by molar-refractivity contribution is 0.0957. The fourth-order valence-electron chi connectivity index (χ4n) is 8.56. The molecule has 1 aliphatic carbocycles. The Hall–Kier alpha value is -6.61. The summed E-state index contributed by atoms with van der Waals surface area (Å²) in [5.74, 6) is 1.52. The first-order valence-electron chi connectivity index (χ1n) is 18.7. The summed E-state index contributed by atoms with van der Waals surface area (Å²) in [6.45, 7) is 0. The number of ether oxygens (including phenoxy) is 2. The van der Waals surface area contributed by atoms with Gasteiger partial charge in [-0.2, -0.15) is 0 Å². The number of hydrogen-bond acceptors (Lipinski definition) is 3. The summed E-state index contributed by atoms with van der Waals surface area (Å²) < 4.78 is 31.3. The smallest absolute Gasteiger partial charge is 0.171 e. The van der Waals surface area contributed by atoms with Gasteiger partial charge < -0.3 is 18.6 Å². The van der Waals surface area contributed by atoms with E-state index >= 15 is 4.57 Å². The van der Waals surface area contributed by atoms with Crippen LogP contribution in [0, 0.1) is 0 Å². The van der Waals surface area contributed by atoms with Gasteiger partial charge in [0.15, 0.2) is 30.8 Å². The molecule has 4 nitrogen and oxygen atoms in total. The molecule has 9 aromatic rings. The molecular weight excluding hydrogens is 694 g/mol. The molecule has 0 fully saturated rings. The molecule has 0 saturated heterocycles. The molecule has 0 amide bonds. The molecule has 2 atom stereocenters. The van der Waals surface area contributed by atoms with Crippen molar-refractivity contribution in [1.29, 1.82) is 0 Å². The third-order valence-electron chi connectivity index (χ3n) is 11.2. The van der Waals surface area contributed by atoms with Gasteiger partial charge in [-0.05, 0) is 69.4 Å². The van der Waals surface area contributed by atoms with Crippen molar-refractivity contribution >= 4 is 67.8 Å². The van der Waals surface area contributed by atoms with Crippen molar-refractivity contribution in [2.75, 3.05) is 0 Å². The van der Waals surface area contributed by atoms with E-state index in [4.69, 9.17) is 9.47 Å². The van der Waals surface area contributed by atoms with Gasteiger partial charge in [-0.15, -0.1) is 0 Å². The number of aromatic nitrogens is 1. The Morgan fingerprint density at radius 3 is 1.67 bits per heavy atom. The highest BCUT2D eigenvalue weighted by Crippen LogP contribution is 2.47. The van der Waals surface area contributed by atoms with E-state index in [1.807, 2.05) is 66.7 Å². The summed E-state index contributed by atoms with van der Waals surface area (Å²) in [5.41, 5.74) is 5.25. The second-order valence-corrected chi connectivity index (χ2v) is 17.1. The summed E-state index contributed by atoms with van der Waals surface area (Å²) in [6.07, 6.45) is 3.91. The number of fused-ring (bicyclic) bond motifs is 8. The van der Waals surface area contributed by atoms with Crippen LogP contribution in [0.2, 0.25) is 0 Å². The minimum atomic E-state index is -3.20. The maximum Gasteiger partial charge on any atom is 0.171 e. The molecule has 0 spiro atoms. The zero-order chi connectivity index (χ0) is 36.5. The summed E-state index contributed by atoms with van der Waals surface area (Å²) in [4.78, 5) is 0. The van der Waals surface area contributed by atoms with Crippen LogP contribution >= 0.6 is 7.14 Å². The average molecular weight is 728 g/mol. The van der Waals surface area contributed by atoms with E-state index in [-0.39, 0.29) is 12.2 Å². The fourth-order valence-corrected chi connectivity index (χ4v) is 11.2. The molecule has 5 heteroatoms. The lowest BCUT2D eigenvalue weighted by Gasteiger charge is -2.33. The first-order valence-corrected chi connectivity index (χ1v) is 20.4. The standard InChI is InChI=1S/C50H34NO3P/c52-55(37-18-6-2-7-19-37,38-20-8-3-9-21-38)39-25-27-42-41-26-24-35(28-45(41)51(46(42)31-39)36-16-4-1-5-17-36)44-32-49-50(43-23-13-12-22-40(43)44)54-48-30-34-15-11-10-14-33(34)29-47(48)53-49/h1-32,47-48H. The molecule has 55 heavy (non-hydrogen) atoms. The van der Waals surface area contributed by atoms with Gasteiger partial charge in [0.2, 0.25) is 0 Å². The van der Waals surface area contributed by atoms with Gasteiger partial charge in [-0.1, -0.05) is 152 Å². The molecule has 262 valence electrons. The van der Waals surface area contributed by atoms with E-state index in [9.17, 15) is 0 Å². The maximum absolute atomic E-state index is 15.5. The molecular formula is C50H34NO3P. The minimum absolute atomic E-state index is 0.210. The van der Waals surface area contributed by atoms with Crippen LogP contribution in [0.3, 0.4) is 0 Å². The van der Waals surface area contributed by atoms with Crippen molar-refractivity contribution in [1.82, 2.24) is 4.57 Å². The van der Waals surface area contributed by atoms with E-state index < -0.39 is 7.14 Å². The third kappa shape index (κ3) is 5.03. The van der Waals surface area contributed by atoms with E-state index in [0.29, 0.717) is 0 Å². The van der Waals surface area contributed by atoms with Crippen molar-refractivity contribution in [2.45, 2.75) is 12.2 Å². The highest BCUT2D eigenvalue weighted by molar-refractivity contribution is 7.85. The van der Waals surface area contributed by atoms with Crippen molar-refractivity contribution in [3.63, 3.8) is 0 Å². The predicted octanol–water partition coefficient (Wildman–Crippen LogP) is 9.03. The maximum atomic E-state index is 15.5. The summed E-state index contributed by atoms with van der Waals surface area (Å²) in [5, 5.41) is 9.09. The van der Waals surface area contributed by atoms with Gasteiger partial charge in [0.1, 0.15) is 0 Å².